The Labute approximate surface area is 84.1 Å². The van der Waals surface area contributed by atoms with E-state index >= 15 is 0 Å². The Kier molecular flexibility index (Phi) is 4.83. The molecule has 0 saturated heterocycles. The number of alkyl halides is 1. The van der Waals surface area contributed by atoms with Gasteiger partial charge in [0, 0.05) is 12.2 Å². The Hall–Kier alpha value is -1.25. The molecule has 0 aliphatic rings. The average Bonchev–Trinajstić information content (AvgIpc) is 2.21. The molecule has 0 fully saturated rings. The first-order valence-electron chi connectivity index (χ1n) is 4.89. The maximum absolute atomic E-state index is 11.8. The topological polar surface area (TPSA) is 21.3 Å². The van der Waals surface area contributed by atoms with Crippen LogP contribution >= 0.6 is 0 Å². The fourth-order valence-electron chi connectivity index (χ4n) is 1.14. The summed E-state index contributed by atoms with van der Waals surface area (Å²) in [4.78, 5) is 0. The van der Waals surface area contributed by atoms with Crippen LogP contribution in [0.4, 0.5) is 10.1 Å². The van der Waals surface area contributed by atoms with E-state index in [1.807, 2.05) is 31.2 Å². The van der Waals surface area contributed by atoms with E-state index in [0.29, 0.717) is 19.6 Å². The van der Waals surface area contributed by atoms with Crippen molar-refractivity contribution in [3.05, 3.63) is 24.3 Å². The van der Waals surface area contributed by atoms with Crippen LogP contribution in [-0.4, -0.2) is 19.8 Å². The van der Waals surface area contributed by atoms with Gasteiger partial charge in [-0.05, 0) is 37.6 Å². The summed E-state index contributed by atoms with van der Waals surface area (Å²) in [6.45, 7) is 3.02. The van der Waals surface area contributed by atoms with E-state index in [2.05, 4.69) is 5.32 Å². The van der Waals surface area contributed by atoms with Crippen molar-refractivity contribution in [3.8, 4) is 5.75 Å². The number of hydrogen-bond donors (Lipinski definition) is 1. The van der Waals surface area contributed by atoms with Gasteiger partial charge in [0.05, 0.1) is 13.3 Å². The average molecular weight is 197 g/mol. The fraction of sp³-hybridized carbons (Fsp3) is 0.455. The predicted octanol–water partition coefficient (Wildman–Crippen LogP) is 2.86. The first kappa shape index (κ1) is 10.8. The normalized spacial score (nSPS) is 9.86. The van der Waals surface area contributed by atoms with Gasteiger partial charge in [-0.2, -0.15) is 0 Å². The van der Waals surface area contributed by atoms with Gasteiger partial charge in [0.1, 0.15) is 5.75 Å². The van der Waals surface area contributed by atoms with Crippen LogP contribution in [0.25, 0.3) is 0 Å². The van der Waals surface area contributed by atoms with E-state index < -0.39 is 0 Å². The number of benzene rings is 1. The second-order valence-corrected chi connectivity index (χ2v) is 2.93. The van der Waals surface area contributed by atoms with Crippen molar-refractivity contribution in [2.75, 3.05) is 25.1 Å². The first-order chi connectivity index (χ1) is 6.86. The molecule has 0 radical (unpaired) electrons. The molecule has 14 heavy (non-hydrogen) atoms. The standard InChI is InChI=1S/C11H16FNO/c1-2-14-11-6-4-10(5-7-11)13-9-3-8-12/h4-7,13H,2-3,8-9H2,1H3. The highest BCUT2D eigenvalue weighted by atomic mass is 19.1. The van der Waals surface area contributed by atoms with Crippen LogP contribution in [0.15, 0.2) is 24.3 Å². The van der Waals surface area contributed by atoms with Crippen molar-refractivity contribution >= 4 is 5.69 Å². The van der Waals surface area contributed by atoms with Gasteiger partial charge in [0.15, 0.2) is 0 Å². The lowest BCUT2D eigenvalue weighted by Gasteiger charge is -2.06. The number of ether oxygens (including phenoxy) is 1. The number of nitrogens with one attached hydrogen (secondary N) is 1. The number of rotatable bonds is 6. The molecule has 0 bridgehead atoms. The molecule has 0 aliphatic carbocycles. The summed E-state index contributed by atoms with van der Waals surface area (Å²) >= 11 is 0. The number of anilines is 1. The minimum Gasteiger partial charge on any atom is -0.494 e. The maximum atomic E-state index is 11.8. The van der Waals surface area contributed by atoms with E-state index in [4.69, 9.17) is 4.74 Å². The van der Waals surface area contributed by atoms with Crippen molar-refractivity contribution in [1.29, 1.82) is 0 Å². The molecular weight excluding hydrogens is 181 g/mol. The van der Waals surface area contributed by atoms with Crippen molar-refractivity contribution < 1.29 is 9.13 Å². The molecule has 78 valence electrons. The summed E-state index contributed by atoms with van der Waals surface area (Å²) in [6, 6.07) is 7.68. The molecule has 3 heteroatoms. The molecule has 2 nitrogen and oxygen atoms in total. The molecule has 0 unspecified atom stereocenters. The molecule has 1 aromatic rings. The van der Waals surface area contributed by atoms with Gasteiger partial charge in [-0.3, -0.25) is 4.39 Å². The Balaban J connectivity index is 2.38. The quantitative estimate of drug-likeness (QED) is 0.708. The number of halogens is 1. The van der Waals surface area contributed by atoms with Gasteiger partial charge < -0.3 is 10.1 Å². The van der Waals surface area contributed by atoms with Crippen LogP contribution in [0, 0.1) is 0 Å². The molecule has 0 heterocycles. The van der Waals surface area contributed by atoms with Crippen LogP contribution in [0.1, 0.15) is 13.3 Å². The van der Waals surface area contributed by atoms with Gasteiger partial charge in [0.25, 0.3) is 0 Å². The fourth-order valence-corrected chi connectivity index (χ4v) is 1.14. The summed E-state index contributed by atoms with van der Waals surface area (Å²) in [7, 11) is 0. The minimum absolute atomic E-state index is 0.274. The van der Waals surface area contributed by atoms with Crippen molar-refractivity contribution in [3.63, 3.8) is 0 Å². The maximum Gasteiger partial charge on any atom is 0.119 e. The monoisotopic (exact) mass is 197 g/mol. The van der Waals surface area contributed by atoms with Crippen molar-refractivity contribution in [1.82, 2.24) is 0 Å². The highest BCUT2D eigenvalue weighted by Crippen LogP contribution is 2.15. The van der Waals surface area contributed by atoms with Crippen LogP contribution < -0.4 is 10.1 Å². The molecule has 0 amide bonds. The highest BCUT2D eigenvalue weighted by Gasteiger charge is 1.93. The van der Waals surface area contributed by atoms with Crippen LogP contribution in [-0.2, 0) is 0 Å². The minimum atomic E-state index is -0.274. The van der Waals surface area contributed by atoms with E-state index in [1.54, 1.807) is 0 Å². The molecule has 0 atom stereocenters. The SMILES string of the molecule is CCOc1ccc(NCCCF)cc1. The van der Waals surface area contributed by atoms with Gasteiger partial charge in [0.2, 0.25) is 0 Å². The molecule has 0 spiro atoms. The molecule has 1 N–H and O–H groups in total. The molecule has 0 aliphatic heterocycles. The third-order valence-electron chi connectivity index (χ3n) is 1.80. The zero-order valence-electron chi connectivity index (χ0n) is 8.42. The van der Waals surface area contributed by atoms with Gasteiger partial charge in [-0.25, -0.2) is 0 Å². The summed E-state index contributed by atoms with van der Waals surface area (Å²) in [5, 5.41) is 3.12. The predicted molar refractivity (Wildman–Crippen MR) is 56.7 cm³/mol. The smallest absolute Gasteiger partial charge is 0.119 e. The second kappa shape index (κ2) is 6.24. The third-order valence-corrected chi connectivity index (χ3v) is 1.80. The van der Waals surface area contributed by atoms with Crippen molar-refractivity contribution in [2.45, 2.75) is 13.3 Å². The van der Waals surface area contributed by atoms with Gasteiger partial charge >= 0.3 is 0 Å². The second-order valence-electron chi connectivity index (χ2n) is 2.93. The summed E-state index contributed by atoms with van der Waals surface area (Å²) in [6.07, 6.45) is 0.549. The lowest BCUT2D eigenvalue weighted by atomic mass is 10.3. The Bertz CT molecular complexity index is 248. The van der Waals surface area contributed by atoms with E-state index in [0.717, 1.165) is 11.4 Å². The number of hydrogen-bond acceptors (Lipinski definition) is 2. The summed E-state index contributed by atoms with van der Waals surface area (Å²) < 4.78 is 17.1. The highest BCUT2D eigenvalue weighted by molar-refractivity contribution is 5.46. The first-order valence-corrected chi connectivity index (χ1v) is 4.89. The van der Waals surface area contributed by atoms with Crippen LogP contribution in [0.5, 0.6) is 5.75 Å². The molecule has 0 aromatic heterocycles. The summed E-state index contributed by atoms with van der Waals surface area (Å²) in [5.74, 6) is 0.864. The Morgan fingerprint density at radius 3 is 2.57 bits per heavy atom. The molecular formula is C11H16FNO. The van der Waals surface area contributed by atoms with Crippen LogP contribution in [0.3, 0.4) is 0 Å². The molecule has 1 rings (SSSR count). The van der Waals surface area contributed by atoms with Crippen molar-refractivity contribution in [2.24, 2.45) is 0 Å². The zero-order chi connectivity index (χ0) is 10.2. The lowest BCUT2D eigenvalue weighted by Crippen LogP contribution is -2.01. The largest absolute Gasteiger partial charge is 0.494 e. The van der Waals surface area contributed by atoms with Crippen LogP contribution in [0.2, 0.25) is 0 Å². The van der Waals surface area contributed by atoms with E-state index in [1.165, 1.54) is 0 Å². The van der Waals surface area contributed by atoms with Gasteiger partial charge in [-0.15, -0.1) is 0 Å². The summed E-state index contributed by atoms with van der Waals surface area (Å²) in [5.41, 5.74) is 1.00. The van der Waals surface area contributed by atoms with Gasteiger partial charge in [-0.1, -0.05) is 0 Å². The molecule has 0 saturated carbocycles. The van der Waals surface area contributed by atoms with E-state index in [9.17, 15) is 4.39 Å². The lowest BCUT2D eigenvalue weighted by molar-refractivity contribution is 0.340. The zero-order valence-corrected chi connectivity index (χ0v) is 8.42. The van der Waals surface area contributed by atoms with E-state index in [-0.39, 0.29) is 6.67 Å². The molecule has 1 aromatic carbocycles. The Morgan fingerprint density at radius 1 is 1.29 bits per heavy atom. The Morgan fingerprint density at radius 2 is 2.00 bits per heavy atom. The third kappa shape index (κ3) is 3.64.